The van der Waals surface area contributed by atoms with E-state index in [0.29, 0.717) is 0 Å². The van der Waals surface area contributed by atoms with Crippen LogP contribution in [0.3, 0.4) is 0 Å². The van der Waals surface area contributed by atoms with Crippen LogP contribution < -0.4 is 11.1 Å². The number of nitrogens with one attached hydrogen (secondary N) is 1. The first-order valence-corrected chi connectivity index (χ1v) is 25.9. The lowest BCUT2D eigenvalue weighted by molar-refractivity contribution is -0.304. The fraction of sp³-hybridized carbons (Fsp3) is 0.673. The summed E-state index contributed by atoms with van der Waals surface area (Å²) < 4.78 is 46.6. The van der Waals surface area contributed by atoms with Gasteiger partial charge in [0.1, 0.15) is 22.0 Å². The highest BCUT2D eigenvalue weighted by molar-refractivity contribution is 7.90. The van der Waals surface area contributed by atoms with E-state index >= 15 is 0 Å². The number of hydrogen-bond donors (Lipinski definition) is 12. The first-order chi connectivity index (χ1) is 33.0. The smallest absolute Gasteiger partial charge is 0.308 e. The van der Waals surface area contributed by atoms with Crippen molar-refractivity contribution < 1.29 is 88.0 Å². The summed E-state index contributed by atoms with van der Waals surface area (Å²) in [5.74, 6) is -5.69. The SMILES string of the molecule is C[C@H]1C[C@H](O)[C@@H](C)/C=C/C=C/C=C/C=C/C=C/C=C/C=C/C(O[C@@H]2OC[C@@H](O)[C@H](N)[C@@H]2O)C[C@@H]2OC(O)(CC(O)CC(O)C(O)CCC(O)CC(O)CC(=O)O1)C[C@H](O)[C@H]2C(=O)NCCCS(C)(=O)=O. The molecule has 2 saturated heterocycles. The Hall–Kier alpha value is -3.49. The predicted octanol–water partition coefficient (Wildman–Crippen LogP) is -0.456. The molecule has 3 rings (SSSR count). The zero-order chi connectivity index (χ0) is 52.0. The molecule has 0 aromatic heterocycles. The third-order valence-electron chi connectivity index (χ3n) is 12.1. The van der Waals surface area contributed by atoms with E-state index in [9.17, 15) is 69.1 Å². The Kier molecular flexibility index (Phi) is 26.5. The molecule has 21 heteroatoms. The van der Waals surface area contributed by atoms with Gasteiger partial charge in [-0.15, -0.1) is 0 Å². The summed E-state index contributed by atoms with van der Waals surface area (Å²) in [4.78, 5) is 26.2. The van der Waals surface area contributed by atoms with Gasteiger partial charge in [0.05, 0.1) is 91.8 Å². The maximum Gasteiger partial charge on any atom is 0.308 e. The van der Waals surface area contributed by atoms with Crippen LogP contribution in [0.4, 0.5) is 0 Å². The van der Waals surface area contributed by atoms with Crippen molar-refractivity contribution in [2.45, 2.75) is 169 Å². The Labute approximate surface area is 411 Å². The van der Waals surface area contributed by atoms with Gasteiger partial charge in [-0.2, -0.15) is 0 Å². The number of amides is 1. The third-order valence-corrected chi connectivity index (χ3v) is 13.1. The van der Waals surface area contributed by atoms with Crippen LogP contribution in [0.5, 0.6) is 0 Å². The fourth-order valence-electron chi connectivity index (χ4n) is 8.17. The van der Waals surface area contributed by atoms with Crippen LogP contribution in [0.15, 0.2) is 85.1 Å². The van der Waals surface area contributed by atoms with E-state index in [1.54, 1.807) is 85.9 Å². The van der Waals surface area contributed by atoms with Crippen molar-refractivity contribution in [2.75, 3.05) is 25.2 Å². The van der Waals surface area contributed by atoms with Crippen LogP contribution in [0.2, 0.25) is 0 Å². The highest BCUT2D eigenvalue weighted by Gasteiger charge is 2.50. The van der Waals surface area contributed by atoms with E-state index in [1.807, 2.05) is 6.92 Å². The number of sulfone groups is 1. The molecule has 1 amide bonds. The number of hydrogen-bond acceptors (Lipinski definition) is 19. The van der Waals surface area contributed by atoms with Gasteiger partial charge in [-0.3, -0.25) is 9.59 Å². The summed E-state index contributed by atoms with van der Waals surface area (Å²) >= 11 is 0. The van der Waals surface area contributed by atoms with Gasteiger partial charge in [0.2, 0.25) is 5.91 Å². The Balaban J connectivity index is 1.91. The molecule has 0 aromatic carbocycles. The molecular formula is C49H78N2O18S. The van der Waals surface area contributed by atoms with Crippen molar-refractivity contribution in [3.8, 4) is 0 Å². The lowest BCUT2D eigenvalue weighted by Crippen LogP contribution is -2.59. The topological polar surface area (TPSA) is 346 Å². The maximum absolute atomic E-state index is 13.7. The molecule has 398 valence electrons. The Morgan fingerprint density at radius 1 is 0.743 bits per heavy atom. The van der Waals surface area contributed by atoms with Crippen molar-refractivity contribution in [1.82, 2.24) is 5.32 Å². The molecule has 0 radical (unpaired) electrons. The number of ether oxygens (including phenoxy) is 4. The third kappa shape index (κ3) is 22.9. The second-order valence-electron chi connectivity index (χ2n) is 18.6. The minimum Gasteiger partial charge on any atom is -0.462 e. The van der Waals surface area contributed by atoms with Gasteiger partial charge in [0.25, 0.3) is 0 Å². The van der Waals surface area contributed by atoms with Crippen molar-refractivity contribution in [3.63, 3.8) is 0 Å². The lowest BCUT2D eigenvalue weighted by atomic mass is 9.82. The number of esters is 1. The first-order valence-electron chi connectivity index (χ1n) is 23.9. The van der Waals surface area contributed by atoms with Gasteiger partial charge in [-0.05, 0) is 32.6 Å². The monoisotopic (exact) mass is 1010 g/mol. The van der Waals surface area contributed by atoms with Gasteiger partial charge in [-0.25, -0.2) is 8.42 Å². The summed E-state index contributed by atoms with van der Waals surface area (Å²) in [6, 6.07) is -1.14. The van der Waals surface area contributed by atoms with Gasteiger partial charge in [0, 0.05) is 50.8 Å². The summed E-state index contributed by atoms with van der Waals surface area (Å²) in [5, 5.41) is 111. The number of carbonyl (C=O) groups excluding carboxylic acids is 2. The zero-order valence-electron chi connectivity index (χ0n) is 40.2. The van der Waals surface area contributed by atoms with E-state index in [2.05, 4.69) is 5.32 Å². The summed E-state index contributed by atoms with van der Waals surface area (Å²) in [6.45, 7) is 3.08. The molecule has 20 nitrogen and oxygen atoms in total. The molecular weight excluding hydrogens is 937 g/mol. The Morgan fingerprint density at radius 3 is 1.96 bits per heavy atom. The van der Waals surface area contributed by atoms with Gasteiger partial charge in [0.15, 0.2) is 12.1 Å². The molecule has 13 N–H and O–H groups in total. The van der Waals surface area contributed by atoms with Crippen LogP contribution >= 0.6 is 0 Å². The number of aliphatic hydroxyl groups excluding tert-OH is 9. The van der Waals surface area contributed by atoms with Gasteiger partial charge >= 0.3 is 5.97 Å². The predicted molar refractivity (Wildman–Crippen MR) is 258 cm³/mol. The number of rotatable bonds is 7. The number of allylic oxidation sites excluding steroid dienone is 12. The summed E-state index contributed by atoms with van der Waals surface area (Å²) in [5.41, 5.74) is 5.99. The normalized spacial score (nSPS) is 41.1. The van der Waals surface area contributed by atoms with E-state index < -0.39 is 145 Å². The number of cyclic esters (lactones) is 1. The largest absolute Gasteiger partial charge is 0.462 e. The quantitative estimate of drug-likeness (QED) is 0.113. The Morgan fingerprint density at radius 2 is 1.34 bits per heavy atom. The highest BCUT2D eigenvalue weighted by atomic mass is 32.2. The molecule has 0 aliphatic carbocycles. The molecule has 7 unspecified atom stereocenters. The molecule has 2 fully saturated rings. The number of aliphatic hydroxyl groups is 10. The first kappa shape index (κ1) is 60.8. The number of nitrogens with two attached hydrogens (primary N) is 1. The standard InChI is InChI=1S/C49H78N2O18S/c1-31-17-14-12-10-8-6-4-5-7-9-11-13-15-18-36(68-48-46(61)45(50)41(59)30-66-48)27-42-44(47(62)51-21-16-22-70(3,64)65)40(58)29-49(63,69-42)28-35(54)25-39(57)37(55)20-19-33(52)24-34(53)26-43(60)67-32(2)23-38(31)56/h4-15,17-18,31-42,44-46,48,52-59,61,63H,16,19-30,50H2,1-3H3,(H,51,62)/b5-4+,8-6+,9-7+,12-10+,13-11+,17-14+,18-15+/t31-,32-,33?,34?,35?,36?,37?,38-,39?,40-,41+,42-,44+,45-,46-,48-,49?/m0/s1. The minimum atomic E-state index is -3.35. The van der Waals surface area contributed by atoms with E-state index in [0.717, 1.165) is 6.26 Å². The van der Waals surface area contributed by atoms with Crippen molar-refractivity contribution in [2.24, 2.45) is 17.6 Å². The molecule has 3 heterocycles. The molecule has 0 aromatic rings. The lowest BCUT2D eigenvalue weighted by Gasteiger charge is -2.45. The summed E-state index contributed by atoms with van der Waals surface area (Å²) in [6.07, 6.45) is 5.75. The van der Waals surface area contributed by atoms with Crippen LogP contribution in [-0.4, -0.2) is 188 Å². The number of fused-ring (bicyclic) bond motifs is 2. The van der Waals surface area contributed by atoms with E-state index in [4.69, 9.17) is 24.7 Å². The Bertz CT molecular complexity index is 1910. The molecule has 2 bridgehead atoms. The van der Waals surface area contributed by atoms with Crippen molar-refractivity contribution in [1.29, 1.82) is 0 Å². The molecule has 0 saturated carbocycles. The molecule has 3 aliphatic heterocycles. The highest BCUT2D eigenvalue weighted by Crippen LogP contribution is 2.38. The summed E-state index contributed by atoms with van der Waals surface area (Å²) in [7, 11) is -3.35. The zero-order valence-corrected chi connectivity index (χ0v) is 41.1. The van der Waals surface area contributed by atoms with Crippen LogP contribution in [0, 0.1) is 11.8 Å². The minimum absolute atomic E-state index is 0.0619. The number of carbonyl (C=O) groups is 2. The molecule has 17 atom stereocenters. The van der Waals surface area contributed by atoms with E-state index in [-0.39, 0.29) is 63.3 Å². The maximum atomic E-state index is 13.7. The van der Waals surface area contributed by atoms with Crippen LogP contribution in [-0.2, 0) is 38.4 Å². The van der Waals surface area contributed by atoms with Crippen molar-refractivity contribution in [3.05, 3.63) is 85.1 Å². The molecule has 3 aliphatic rings. The van der Waals surface area contributed by atoms with E-state index in [1.165, 1.54) is 6.08 Å². The average molecular weight is 1020 g/mol. The van der Waals surface area contributed by atoms with Crippen LogP contribution in [0.25, 0.3) is 0 Å². The molecule has 70 heavy (non-hydrogen) atoms. The van der Waals surface area contributed by atoms with Gasteiger partial charge < -0.3 is 81.1 Å². The second-order valence-corrected chi connectivity index (χ2v) is 20.9. The second kappa shape index (κ2) is 30.5. The van der Waals surface area contributed by atoms with Crippen molar-refractivity contribution >= 4 is 21.7 Å². The average Bonchev–Trinajstić information content (AvgIpc) is 3.25. The molecule has 0 spiro atoms. The fourth-order valence-corrected chi connectivity index (χ4v) is 8.84. The van der Waals surface area contributed by atoms with Crippen LogP contribution in [0.1, 0.15) is 78.1 Å². The van der Waals surface area contributed by atoms with Gasteiger partial charge in [-0.1, -0.05) is 92.0 Å².